The molecule has 1 heterocycles. The summed E-state index contributed by atoms with van der Waals surface area (Å²) in [6.07, 6.45) is 3.70. The van der Waals surface area contributed by atoms with E-state index in [9.17, 15) is 0 Å². The molecule has 1 saturated heterocycles. The minimum Gasteiger partial charge on any atom is -0.493 e. The van der Waals surface area contributed by atoms with Gasteiger partial charge in [-0.2, -0.15) is 0 Å². The fourth-order valence-corrected chi connectivity index (χ4v) is 2.18. The van der Waals surface area contributed by atoms with Gasteiger partial charge >= 0.3 is 0 Å². The van der Waals surface area contributed by atoms with E-state index in [-0.39, 0.29) is 0 Å². The van der Waals surface area contributed by atoms with Gasteiger partial charge in [-0.15, -0.1) is 0 Å². The van der Waals surface area contributed by atoms with Gasteiger partial charge in [0, 0.05) is 24.8 Å². The Morgan fingerprint density at radius 1 is 1.35 bits per heavy atom. The predicted octanol–water partition coefficient (Wildman–Crippen LogP) is 2.83. The molecule has 17 heavy (non-hydrogen) atoms. The van der Waals surface area contributed by atoms with E-state index in [2.05, 4.69) is 6.07 Å². The monoisotopic (exact) mass is 235 g/mol. The molecular weight excluding hydrogens is 214 g/mol. The van der Waals surface area contributed by atoms with Crippen LogP contribution < -0.4 is 10.5 Å². The first-order chi connectivity index (χ1) is 8.16. The Hall–Kier alpha value is -1.22. The van der Waals surface area contributed by atoms with E-state index in [0.29, 0.717) is 12.7 Å². The Labute approximate surface area is 103 Å². The van der Waals surface area contributed by atoms with Crippen molar-refractivity contribution < 1.29 is 9.47 Å². The summed E-state index contributed by atoms with van der Waals surface area (Å²) >= 11 is 0. The molecule has 3 nitrogen and oxygen atoms in total. The Morgan fingerprint density at radius 2 is 2.18 bits per heavy atom. The summed E-state index contributed by atoms with van der Waals surface area (Å²) < 4.78 is 11.3. The summed E-state index contributed by atoms with van der Waals surface area (Å²) in [6, 6.07) is 3.98. The molecule has 0 spiro atoms. The van der Waals surface area contributed by atoms with Gasteiger partial charge in [-0.05, 0) is 37.8 Å². The zero-order valence-electron chi connectivity index (χ0n) is 10.7. The van der Waals surface area contributed by atoms with Gasteiger partial charge < -0.3 is 15.2 Å². The summed E-state index contributed by atoms with van der Waals surface area (Å²) in [5.41, 5.74) is 8.92. The molecule has 0 aliphatic carbocycles. The maximum atomic E-state index is 5.88. The van der Waals surface area contributed by atoms with E-state index < -0.39 is 0 Å². The van der Waals surface area contributed by atoms with Crippen molar-refractivity contribution in [2.75, 3.05) is 18.9 Å². The summed E-state index contributed by atoms with van der Waals surface area (Å²) in [4.78, 5) is 0. The first kappa shape index (κ1) is 12.2. The summed E-state index contributed by atoms with van der Waals surface area (Å²) in [6.45, 7) is 5.67. The number of nitrogens with two attached hydrogens (primary N) is 1. The van der Waals surface area contributed by atoms with Crippen LogP contribution in [0.5, 0.6) is 5.75 Å². The van der Waals surface area contributed by atoms with Gasteiger partial charge in [0.25, 0.3) is 0 Å². The molecule has 94 valence electrons. The Bertz CT molecular complexity index is 384. The third-order valence-electron chi connectivity index (χ3n) is 3.28. The van der Waals surface area contributed by atoms with E-state index in [1.54, 1.807) is 0 Å². The Kier molecular flexibility index (Phi) is 3.89. The molecule has 0 aromatic heterocycles. The molecule has 2 rings (SSSR count). The number of hydrogen-bond donors (Lipinski definition) is 1. The van der Waals surface area contributed by atoms with Crippen LogP contribution in [0.2, 0.25) is 0 Å². The molecule has 1 aromatic carbocycles. The van der Waals surface area contributed by atoms with Gasteiger partial charge in [-0.25, -0.2) is 0 Å². The number of hydrogen-bond acceptors (Lipinski definition) is 3. The molecule has 0 bridgehead atoms. The van der Waals surface area contributed by atoms with E-state index in [0.717, 1.165) is 35.6 Å². The largest absolute Gasteiger partial charge is 0.493 e. The van der Waals surface area contributed by atoms with Gasteiger partial charge in [0.1, 0.15) is 5.75 Å². The van der Waals surface area contributed by atoms with Gasteiger partial charge in [-0.1, -0.05) is 6.07 Å². The number of nitrogen functional groups attached to an aromatic ring is 1. The molecule has 1 aliphatic rings. The first-order valence-electron chi connectivity index (χ1n) is 6.28. The molecule has 3 heteroatoms. The number of benzene rings is 1. The van der Waals surface area contributed by atoms with Crippen LogP contribution in [0, 0.1) is 13.8 Å². The molecule has 0 radical (unpaired) electrons. The lowest BCUT2D eigenvalue weighted by Gasteiger charge is -2.13. The van der Waals surface area contributed by atoms with Crippen LogP contribution in [-0.2, 0) is 4.74 Å². The van der Waals surface area contributed by atoms with Gasteiger partial charge in [0.05, 0.1) is 12.7 Å². The highest BCUT2D eigenvalue weighted by molar-refractivity contribution is 5.54. The first-order valence-corrected chi connectivity index (χ1v) is 6.28. The maximum Gasteiger partial charge on any atom is 0.124 e. The van der Waals surface area contributed by atoms with Crippen molar-refractivity contribution in [1.29, 1.82) is 0 Å². The second kappa shape index (κ2) is 5.41. The topological polar surface area (TPSA) is 44.5 Å². The molecular formula is C14H21NO2. The molecule has 1 fully saturated rings. The quantitative estimate of drug-likeness (QED) is 0.816. The highest BCUT2D eigenvalue weighted by Crippen LogP contribution is 2.25. The van der Waals surface area contributed by atoms with E-state index in [1.165, 1.54) is 12.8 Å². The lowest BCUT2D eigenvalue weighted by Crippen LogP contribution is -2.11. The summed E-state index contributed by atoms with van der Waals surface area (Å²) in [7, 11) is 0. The van der Waals surface area contributed by atoms with Crippen LogP contribution in [0.25, 0.3) is 0 Å². The molecule has 1 atom stereocenters. The molecule has 1 aliphatic heterocycles. The maximum absolute atomic E-state index is 5.88. The molecule has 0 saturated carbocycles. The Morgan fingerprint density at radius 3 is 2.88 bits per heavy atom. The van der Waals surface area contributed by atoms with E-state index >= 15 is 0 Å². The number of aryl methyl sites for hydroxylation is 2. The van der Waals surface area contributed by atoms with Crippen LogP contribution in [0.1, 0.15) is 30.4 Å². The van der Waals surface area contributed by atoms with Crippen molar-refractivity contribution in [1.82, 2.24) is 0 Å². The van der Waals surface area contributed by atoms with Crippen molar-refractivity contribution in [3.05, 3.63) is 23.3 Å². The zero-order chi connectivity index (χ0) is 12.3. The lowest BCUT2D eigenvalue weighted by molar-refractivity contribution is 0.0902. The second-order valence-electron chi connectivity index (χ2n) is 4.75. The van der Waals surface area contributed by atoms with Crippen LogP contribution in [0.15, 0.2) is 12.1 Å². The van der Waals surface area contributed by atoms with Crippen LogP contribution in [-0.4, -0.2) is 19.3 Å². The third-order valence-corrected chi connectivity index (χ3v) is 3.28. The zero-order valence-corrected chi connectivity index (χ0v) is 10.7. The fraction of sp³-hybridized carbons (Fsp3) is 0.571. The van der Waals surface area contributed by atoms with Gasteiger partial charge in [-0.3, -0.25) is 0 Å². The standard InChI is InChI=1S/C14H21NO2/c1-10-8-11(2)14(9-13(10)15)17-7-5-12-4-3-6-16-12/h8-9,12H,3-7,15H2,1-2H3. The highest BCUT2D eigenvalue weighted by Gasteiger charge is 2.15. The van der Waals surface area contributed by atoms with E-state index in [4.69, 9.17) is 15.2 Å². The fourth-order valence-electron chi connectivity index (χ4n) is 2.18. The summed E-state index contributed by atoms with van der Waals surface area (Å²) in [5.74, 6) is 0.895. The second-order valence-corrected chi connectivity index (χ2v) is 4.75. The normalized spacial score (nSPS) is 19.5. The third kappa shape index (κ3) is 3.13. The van der Waals surface area contributed by atoms with Gasteiger partial charge in [0.15, 0.2) is 0 Å². The average molecular weight is 235 g/mol. The van der Waals surface area contributed by atoms with Crippen molar-refractivity contribution >= 4 is 5.69 Å². The van der Waals surface area contributed by atoms with Crippen LogP contribution in [0.3, 0.4) is 0 Å². The van der Waals surface area contributed by atoms with Crippen LogP contribution in [0.4, 0.5) is 5.69 Å². The Balaban J connectivity index is 1.87. The van der Waals surface area contributed by atoms with E-state index in [1.807, 2.05) is 19.9 Å². The smallest absolute Gasteiger partial charge is 0.124 e. The van der Waals surface area contributed by atoms with Crippen molar-refractivity contribution in [2.45, 2.75) is 39.2 Å². The van der Waals surface area contributed by atoms with Gasteiger partial charge in [0.2, 0.25) is 0 Å². The van der Waals surface area contributed by atoms with Crippen molar-refractivity contribution in [3.63, 3.8) is 0 Å². The van der Waals surface area contributed by atoms with Crippen molar-refractivity contribution in [2.24, 2.45) is 0 Å². The SMILES string of the molecule is Cc1cc(C)c(OCCC2CCCO2)cc1N. The van der Waals surface area contributed by atoms with Crippen molar-refractivity contribution in [3.8, 4) is 5.75 Å². The predicted molar refractivity (Wildman–Crippen MR) is 69.4 cm³/mol. The number of anilines is 1. The molecule has 0 amide bonds. The molecule has 1 unspecified atom stereocenters. The molecule has 1 aromatic rings. The van der Waals surface area contributed by atoms with Crippen LogP contribution >= 0.6 is 0 Å². The minimum atomic E-state index is 0.387. The summed E-state index contributed by atoms with van der Waals surface area (Å²) in [5, 5.41) is 0. The number of ether oxygens (including phenoxy) is 2. The molecule has 2 N–H and O–H groups in total. The average Bonchev–Trinajstić information content (AvgIpc) is 2.78. The lowest BCUT2D eigenvalue weighted by atomic mass is 10.1. The minimum absolute atomic E-state index is 0.387. The number of rotatable bonds is 4. The highest BCUT2D eigenvalue weighted by atomic mass is 16.5.